The summed E-state index contributed by atoms with van der Waals surface area (Å²) < 4.78 is 0. The van der Waals surface area contributed by atoms with Crippen LogP contribution in [0.4, 0.5) is 0 Å². The van der Waals surface area contributed by atoms with Crippen LogP contribution in [0.25, 0.3) is 0 Å². The molecule has 3 aliphatic rings. The van der Waals surface area contributed by atoms with E-state index in [4.69, 9.17) is 0 Å². The van der Waals surface area contributed by atoms with Crippen molar-refractivity contribution in [1.29, 1.82) is 0 Å². The Kier molecular flexibility index (Phi) is 6.18. The van der Waals surface area contributed by atoms with Crippen LogP contribution in [0.15, 0.2) is 24.3 Å². The summed E-state index contributed by atoms with van der Waals surface area (Å²) in [6.07, 6.45) is 7.48. The van der Waals surface area contributed by atoms with Crippen molar-refractivity contribution in [2.45, 2.75) is 63.5 Å². The predicted octanol–water partition coefficient (Wildman–Crippen LogP) is 3.47. The molecule has 2 saturated heterocycles. The van der Waals surface area contributed by atoms with Crippen LogP contribution in [-0.2, 0) is 0 Å². The summed E-state index contributed by atoms with van der Waals surface area (Å²) in [4.78, 5) is 5.29. The molecule has 0 radical (unpaired) electrons. The van der Waals surface area contributed by atoms with E-state index in [0.717, 1.165) is 37.4 Å². The van der Waals surface area contributed by atoms with Crippen LogP contribution in [0.2, 0.25) is 0 Å². The summed E-state index contributed by atoms with van der Waals surface area (Å²) in [5.74, 6) is 7.90. The third kappa shape index (κ3) is 4.40. The first-order valence-electron chi connectivity index (χ1n) is 11.0. The van der Waals surface area contributed by atoms with Gasteiger partial charge in [-0.05, 0) is 68.8 Å². The van der Waals surface area contributed by atoms with Crippen molar-refractivity contribution in [3.05, 3.63) is 35.4 Å². The number of hydrogen-bond donors (Lipinski definition) is 1. The highest BCUT2D eigenvalue weighted by Gasteiger charge is 2.49. The molecule has 3 nitrogen and oxygen atoms in total. The fourth-order valence-corrected chi connectivity index (χ4v) is 4.92. The summed E-state index contributed by atoms with van der Waals surface area (Å²) in [5.41, 5.74) is 2.49. The first kappa shape index (κ1) is 19.0. The van der Waals surface area contributed by atoms with Gasteiger partial charge in [-0.25, -0.2) is 0 Å². The fraction of sp³-hybridized carbons (Fsp3) is 0.667. The van der Waals surface area contributed by atoms with E-state index in [1.165, 1.54) is 44.3 Å². The Morgan fingerprint density at radius 1 is 1.11 bits per heavy atom. The third-order valence-corrected chi connectivity index (χ3v) is 6.57. The van der Waals surface area contributed by atoms with Crippen LogP contribution >= 0.6 is 0 Å². The van der Waals surface area contributed by atoms with Crippen LogP contribution in [0.3, 0.4) is 0 Å². The third-order valence-electron chi connectivity index (χ3n) is 6.57. The van der Waals surface area contributed by atoms with Crippen LogP contribution < -0.4 is 0 Å². The number of fused-ring (bicyclic) bond motifs is 1. The Bertz CT molecular complexity index is 670. The maximum absolute atomic E-state index is 10.1. The van der Waals surface area contributed by atoms with Gasteiger partial charge < -0.3 is 10.0 Å². The topological polar surface area (TPSA) is 26.7 Å². The van der Waals surface area contributed by atoms with Crippen molar-refractivity contribution in [3.63, 3.8) is 0 Å². The van der Waals surface area contributed by atoms with E-state index in [1.54, 1.807) is 0 Å². The zero-order chi connectivity index (χ0) is 18.6. The van der Waals surface area contributed by atoms with Gasteiger partial charge in [0.25, 0.3) is 0 Å². The minimum Gasteiger partial charge on any atom is -0.395 e. The van der Waals surface area contributed by atoms with Gasteiger partial charge >= 0.3 is 0 Å². The molecule has 2 aliphatic heterocycles. The van der Waals surface area contributed by atoms with Gasteiger partial charge in [-0.15, -0.1) is 0 Å². The standard InChI is InChI=1S/C24H34N2O/c1-2-3-4-7-19-10-12-21(13-11-19)24-22-17-25(16-20-8-9-20)14-5-6-15-26(22)23(24)18-27/h10-13,20,22-24,27H,2-3,5-6,8-9,14-18H2,1H3/t22-,23-,24-/m1/s1. The molecular weight excluding hydrogens is 332 g/mol. The van der Waals surface area contributed by atoms with E-state index in [0.29, 0.717) is 12.0 Å². The molecule has 4 rings (SSSR count). The van der Waals surface area contributed by atoms with Crippen molar-refractivity contribution in [2.24, 2.45) is 5.92 Å². The molecule has 1 aromatic rings. The van der Waals surface area contributed by atoms with Gasteiger partial charge in [-0.3, -0.25) is 4.90 Å². The van der Waals surface area contributed by atoms with E-state index in [9.17, 15) is 5.11 Å². The normalized spacial score (nSPS) is 29.0. The minimum absolute atomic E-state index is 0.266. The highest BCUT2D eigenvalue weighted by Crippen LogP contribution is 2.42. The van der Waals surface area contributed by atoms with Crippen molar-refractivity contribution in [1.82, 2.24) is 9.80 Å². The highest BCUT2D eigenvalue weighted by atomic mass is 16.3. The Balaban J connectivity index is 1.48. The number of aliphatic hydroxyl groups excluding tert-OH is 1. The van der Waals surface area contributed by atoms with Crippen LogP contribution in [0.5, 0.6) is 0 Å². The largest absolute Gasteiger partial charge is 0.395 e. The molecule has 0 unspecified atom stereocenters. The monoisotopic (exact) mass is 366 g/mol. The summed E-state index contributed by atoms with van der Waals surface area (Å²) in [6, 6.07) is 9.68. The molecule has 3 fully saturated rings. The van der Waals surface area contributed by atoms with Gasteiger partial charge in [-0.1, -0.05) is 30.9 Å². The summed E-state index contributed by atoms with van der Waals surface area (Å²) in [6.45, 7) is 7.27. The average molecular weight is 367 g/mol. The first-order valence-corrected chi connectivity index (χ1v) is 11.0. The lowest BCUT2D eigenvalue weighted by molar-refractivity contribution is -0.0649. The smallest absolute Gasteiger partial charge is 0.0593 e. The quantitative estimate of drug-likeness (QED) is 0.809. The lowest BCUT2D eigenvalue weighted by Crippen LogP contribution is -2.67. The Hall–Kier alpha value is -1.34. The Morgan fingerprint density at radius 3 is 2.59 bits per heavy atom. The molecule has 1 N–H and O–H groups in total. The van der Waals surface area contributed by atoms with Crippen molar-refractivity contribution >= 4 is 0 Å². The number of unbranched alkanes of at least 4 members (excludes halogenated alkanes) is 1. The molecular formula is C24H34N2O. The van der Waals surface area contributed by atoms with Crippen molar-refractivity contribution in [3.8, 4) is 11.8 Å². The average Bonchev–Trinajstić information content (AvgIpc) is 3.48. The van der Waals surface area contributed by atoms with E-state index in [2.05, 4.69) is 52.8 Å². The molecule has 3 heteroatoms. The van der Waals surface area contributed by atoms with Gasteiger partial charge in [0.05, 0.1) is 6.61 Å². The second-order valence-electron chi connectivity index (χ2n) is 8.66. The molecule has 1 aromatic carbocycles. The van der Waals surface area contributed by atoms with Gasteiger partial charge in [0, 0.05) is 43.1 Å². The fourth-order valence-electron chi connectivity index (χ4n) is 4.92. The van der Waals surface area contributed by atoms with Crippen molar-refractivity contribution in [2.75, 3.05) is 32.8 Å². The van der Waals surface area contributed by atoms with Crippen molar-refractivity contribution < 1.29 is 5.11 Å². The Morgan fingerprint density at radius 2 is 1.89 bits per heavy atom. The van der Waals surface area contributed by atoms with Gasteiger partial charge in [-0.2, -0.15) is 0 Å². The molecule has 3 atom stereocenters. The van der Waals surface area contributed by atoms with Crippen LogP contribution in [0, 0.1) is 17.8 Å². The number of benzene rings is 1. The maximum Gasteiger partial charge on any atom is 0.0593 e. The second-order valence-corrected chi connectivity index (χ2v) is 8.66. The molecule has 2 heterocycles. The van der Waals surface area contributed by atoms with Gasteiger partial charge in [0.2, 0.25) is 0 Å². The lowest BCUT2D eigenvalue weighted by Gasteiger charge is -2.57. The van der Waals surface area contributed by atoms with Crippen LogP contribution in [0.1, 0.15) is 62.5 Å². The molecule has 0 bridgehead atoms. The molecule has 0 amide bonds. The molecule has 146 valence electrons. The van der Waals surface area contributed by atoms with E-state index < -0.39 is 0 Å². The summed E-state index contributed by atoms with van der Waals surface area (Å²) >= 11 is 0. The predicted molar refractivity (Wildman–Crippen MR) is 111 cm³/mol. The number of rotatable bonds is 5. The van der Waals surface area contributed by atoms with E-state index >= 15 is 0 Å². The molecule has 1 saturated carbocycles. The molecule has 27 heavy (non-hydrogen) atoms. The summed E-state index contributed by atoms with van der Waals surface area (Å²) in [5, 5.41) is 10.1. The van der Waals surface area contributed by atoms with E-state index in [1.807, 2.05) is 0 Å². The molecule has 0 spiro atoms. The van der Waals surface area contributed by atoms with Gasteiger partial charge in [0.15, 0.2) is 0 Å². The Labute approximate surface area is 164 Å². The number of hydrogen-bond acceptors (Lipinski definition) is 3. The summed E-state index contributed by atoms with van der Waals surface area (Å²) in [7, 11) is 0. The zero-order valence-corrected chi connectivity index (χ0v) is 16.7. The SMILES string of the molecule is CCCC#Cc1ccc([C@H]2[C@@H](CO)N3CCCCN(CC4CC4)C[C@H]23)cc1. The van der Waals surface area contributed by atoms with E-state index in [-0.39, 0.29) is 12.6 Å². The number of nitrogens with zero attached hydrogens (tertiary/aromatic N) is 2. The highest BCUT2D eigenvalue weighted by molar-refractivity contribution is 5.39. The zero-order valence-electron chi connectivity index (χ0n) is 16.7. The number of aliphatic hydroxyl groups is 1. The molecule has 1 aliphatic carbocycles. The first-order chi connectivity index (χ1) is 13.3. The lowest BCUT2D eigenvalue weighted by atomic mass is 9.74. The molecule has 0 aromatic heterocycles. The van der Waals surface area contributed by atoms with Gasteiger partial charge in [0.1, 0.15) is 0 Å². The maximum atomic E-state index is 10.1. The minimum atomic E-state index is 0.266. The van der Waals surface area contributed by atoms with Crippen LogP contribution in [-0.4, -0.2) is 59.8 Å². The second kappa shape index (κ2) is 8.78.